The van der Waals surface area contributed by atoms with Gasteiger partial charge in [0.05, 0.1) is 14.2 Å². The fourth-order valence-corrected chi connectivity index (χ4v) is 1.03. The molecule has 14 heavy (non-hydrogen) atoms. The highest BCUT2D eigenvalue weighted by Gasteiger charge is 2.15. The summed E-state index contributed by atoms with van der Waals surface area (Å²) >= 11 is 0. The van der Waals surface area contributed by atoms with Crippen molar-refractivity contribution in [3.63, 3.8) is 0 Å². The van der Waals surface area contributed by atoms with E-state index < -0.39 is 11.8 Å². The third-order valence-electron chi connectivity index (χ3n) is 1.70. The first-order chi connectivity index (χ1) is 6.60. The second kappa shape index (κ2) is 3.95. The summed E-state index contributed by atoms with van der Waals surface area (Å²) in [6, 6.07) is 2.05. The van der Waals surface area contributed by atoms with Crippen molar-refractivity contribution in [3.05, 3.63) is 23.5 Å². The zero-order valence-corrected chi connectivity index (χ0v) is 7.70. The van der Waals surface area contributed by atoms with Crippen molar-refractivity contribution in [1.82, 2.24) is 0 Å². The van der Waals surface area contributed by atoms with E-state index in [9.17, 15) is 9.18 Å². The second-order valence-electron chi connectivity index (χ2n) is 2.49. The molecule has 0 atom stereocenters. The molecule has 1 N–H and O–H groups in total. The maximum atomic E-state index is 13.1. The van der Waals surface area contributed by atoms with E-state index in [1.54, 1.807) is 0 Å². The van der Waals surface area contributed by atoms with E-state index in [-0.39, 0.29) is 17.1 Å². The first-order valence-electron chi connectivity index (χ1n) is 3.75. The number of carbonyl (C=O) groups is 1. The molecular formula is C9H9FO4. The van der Waals surface area contributed by atoms with Gasteiger partial charge in [-0.05, 0) is 0 Å². The summed E-state index contributed by atoms with van der Waals surface area (Å²) in [5.41, 5.74) is -0.134. The number of aromatic carboxylic acids is 1. The standard InChI is InChI=1S/C9H9FO4/c1-13-7-4-6(10)8(14-2)3-5(7)9(11)12/h3-4H,1-2H3,(H,11,12). The van der Waals surface area contributed by atoms with Crippen LogP contribution in [0.15, 0.2) is 12.1 Å². The van der Waals surface area contributed by atoms with E-state index in [2.05, 4.69) is 4.74 Å². The number of hydrogen-bond acceptors (Lipinski definition) is 3. The number of halogens is 1. The minimum absolute atomic E-state index is 0.0317. The van der Waals surface area contributed by atoms with E-state index in [0.717, 1.165) is 12.1 Å². The molecule has 76 valence electrons. The Labute approximate surface area is 79.9 Å². The lowest BCUT2D eigenvalue weighted by molar-refractivity contribution is 0.0692. The molecule has 0 saturated carbocycles. The van der Waals surface area contributed by atoms with Gasteiger partial charge in [-0.25, -0.2) is 9.18 Å². The first kappa shape index (κ1) is 10.3. The lowest BCUT2D eigenvalue weighted by Crippen LogP contribution is -2.02. The molecule has 0 aliphatic carbocycles. The second-order valence-corrected chi connectivity index (χ2v) is 2.49. The van der Waals surface area contributed by atoms with Gasteiger partial charge in [0, 0.05) is 12.1 Å². The molecule has 0 bridgehead atoms. The molecule has 0 spiro atoms. The van der Waals surface area contributed by atoms with Crippen molar-refractivity contribution in [2.75, 3.05) is 14.2 Å². The first-order valence-corrected chi connectivity index (χ1v) is 3.75. The average molecular weight is 200 g/mol. The lowest BCUT2D eigenvalue weighted by Gasteiger charge is -2.07. The van der Waals surface area contributed by atoms with Gasteiger partial charge >= 0.3 is 5.97 Å². The van der Waals surface area contributed by atoms with Crippen LogP contribution in [-0.2, 0) is 0 Å². The molecule has 1 aromatic carbocycles. The minimum atomic E-state index is -1.19. The Morgan fingerprint density at radius 1 is 1.29 bits per heavy atom. The third kappa shape index (κ3) is 1.76. The Morgan fingerprint density at radius 2 is 1.86 bits per heavy atom. The van der Waals surface area contributed by atoms with Crippen molar-refractivity contribution >= 4 is 5.97 Å². The normalized spacial score (nSPS) is 9.64. The van der Waals surface area contributed by atoms with E-state index in [1.165, 1.54) is 14.2 Å². The summed E-state index contributed by atoms with van der Waals surface area (Å²) in [5, 5.41) is 8.75. The van der Waals surface area contributed by atoms with Crippen LogP contribution >= 0.6 is 0 Å². The van der Waals surface area contributed by atoms with Crippen LogP contribution in [0.3, 0.4) is 0 Å². The van der Waals surface area contributed by atoms with Gasteiger partial charge in [-0.15, -0.1) is 0 Å². The molecule has 1 rings (SSSR count). The smallest absolute Gasteiger partial charge is 0.339 e. The highest BCUT2D eigenvalue weighted by Crippen LogP contribution is 2.27. The van der Waals surface area contributed by atoms with Crippen LogP contribution < -0.4 is 9.47 Å². The van der Waals surface area contributed by atoms with E-state index in [0.29, 0.717) is 0 Å². The Bertz CT molecular complexity index is 362. The SMILES string of the molecule is COc1cc(C(=O)O)c(OC)cc1F. The Hall–Kier alpha value is -1.78. The van der Waals surface area contributed by atoms with Gasteiger partial charge < -0.3 is 14.6 Å². The molecule has 0 aliphatic rings. The molecule has 1 aromatic rings. The van der Waals surface area contributed by atoms with Crippen molar-refractivity contribution < 1.29 is 23.8 Å². The summed E-state index contributed by atoms with van der Waals surface area (Å²) in [4.78, 5) is 10.7. The zero-order valence-electron chi connectivity index (χ0n) is 7.70. The maximum absolute atomic E-state index is 13.1. The van der Waals surface area contributed by atoms with Crippen molar-refractivity contribution in [2.45, 2.75) is 0 Å². The Morgan fingerprint density at radius 3 is 2.29 bits per heavy atom. The molecule has 0 heterocycles. The molecule has 0 aliphatic heterocycles. The van der Waals surface area contributed by atoms with Crippen molar-refractivity contribution in [3.8, 4) is 11.5 Å². The molecule has 0 fully saturated rings. The number of ether oxygens (including phenoxy) is 2. The fraction of sp³-hybridized carbons (Fsp3) is 0.222. The molecule has 0 saturated heterocycles. The summed E-state index contributed by atoms with van der Waals surface area (Å²) in [5.74, 6) is -2.01. The molecular weight excluding hydrogens is 191 g/mol. The number of carboxylic acid groups (broad SMARTS) is 1. The summed E-state index contributed by atoms with van der Waals surface area (Å²) in [6.45, 7) is 0. The van der Waals surface area contributed by atoms with Crippen LogP contribution in [0.4, 0.5) is 4.39 Å². The van der Waals surface area contributed by atoms with E-state index in [1.807, 2.05) is 0 Å². The molecule has 0 radical (unpaired) electrons. The topological polar surface area (TPSA) is 55.8 Å². The predicted octanol–water partition coefficient (Wildman–Crippen LogP) is 1.54. The van der Waals surface area contributed by atoms with Gasteiger partial charge in [-0.1, -0.05) is 0 Å². The largest absolute Gasteiger partial charge is 0.496 e. The predicted molar refractivity (Wildman–Crippen MR) is 46.5 cm³/mol. The van der Waals surface area contributed by atoms with Gasteiger partial charge in [0.1, 0.15) is 11.3 Å². The van der Waals surface area contributed by atoms with Crippen LogP contribution in [-0.4, -0.2) is 25.3 Å². The van der Waals surface area contributed by atoms with Crippen LogP contribution in [0.1, 0.15) is 10.4 Å². The average Bonchev–Trinajstić information content (AvgIpc) is 2.16. The maximum Gasteiger partial charge on any atom is 0.339 e. The zero-order chi connectivity index (χ0) is 10.7. The van der Waals surface area contributed by atoms with Gasteiger partial charge in [0.25, 0.3) is 0 Å². The fourth-order valence-electron chi connectivity index (χ4n) is 1.03. The van der Waals surface area contributed by atoms with Crippen LogP contribution in [0.25, 0.3) is 0 Å². The molecule has 0 amide bonds. The van der Waals surface area contributed by atoms with Crippen LogP contribution in [0.2, 0.25) is 0 Å². The monoisotopic (exact) mass is 200 g/mol. The Kier molecular flexibility index (Phi) is 2.91. The lowest BCUT2D eigenvalue weighted by atomic mass is 10.2. The van der Waals surface area contributed by atoms with Crippen molar-refractivity contribution in [1.29, 1.82) is 0 Å². The number of rotatable bonds is 3. The van der Waals surface area contributed by atoms with E-state index in [4.69, 9.17) is 9.84 Å². The van der Waals surface area contributed by atoms with Crippen LogP contribution in [0, 0.1) is 5.82 Å². The van der Waals surface area contributed by atoms with Gasteiger partial charge in [0.15, 0.2) is 11.6 Å². The van der Waals surface area contributed by atoms with Gasteiger partial charge in [-0.2, -0.15) is 0 Å². The van der Waals surface area contributed by atoms with Gasteiger partial charge in [-0.3, -0.25) is 0 Å². The van der Waals surface area contributed by atoms with Crippen molar-refractivity contribution in [2.24, 2.45) is 0 Å². The molecule has 5 heteroatoms. The van der Waals surface area contributed by atoms with Gasteiger partial charge in [0.2, 0.25) is 0 Å². The Balaban J connectivity index is 3.32. The minimum Gasteiger partial charge on any atom is -0.496 e. The molecule has 4 nitrogen and oxygen atoms in total. The number of methoxy groups -OCH3 is 2. The summed E-state index contributed by atoms with van der Waals surface area (Å²) in [7, 11) is 2.53. The number of carboxylic acids is 1. The highest BCUT2D eigenvalue weighted by molar-refractivity contribution is 5.91. The van der Waals surface area contributed by atoms with Crippen LogP contribution in [0.5, 0.6) is 11.5 Å². The number of hydrogen-bond donors (Lipinski definition) is 1. The summed E-state index contributed by atoms with van der Waals surface area (Å²) in [6.07, 6.45) is 0. The molecule has 0 aromatic heterocycles. The highest BCUT2D eigenvalue weighted by atomic mass is 19.1. The van der Waals surface area contributed by atoms with E-state index >= 15 is 0 Å². The molecule has 0 unspecified atom stereocenters. The number of benzene rings is 1. The quantitative estimate of drug-likeness (QED) is 0.804. The third-order valence-corrected chi connectivity index (χ3v) is 1.70. The summed E-state index contributed by atoms with van der Waals surface area (Å²) < 4.78 is 22.4.